The molecule has 2 heterocycles. The molecule has 0 aliphatic heterocycles. The molecule has 3 aromatic rings. The van der Waals surface area contributed by atoms with E-state index < -0.39 is 5.91 Å². The normalized spacial score (nSPS) is 10.6. The van der Waals surface area contributed by atoms with Gasteiger partial charge < -0.3 is 24.9 Å². The highest BCUT2D eigenvalue weighted by atomic mass is 32.2. The number of aryl methyl sites for hydroxylation is 1. The van der Waals surface area contributed by atoms with E-state index in [1.165, 1.54) is 26.0 Å². The maximum atomic E-state index is 12.5. The zero-order valence-corrected chi connectivity index (χ0v) is 18.0. The summed E-state index contributed by atoms with van der Waals surface area (Å²) in [7, 11) is 3.08. The first-order chi connectivity index (χ1) is 15.0. The SMILES string of the molecule is COc1cc(NC(=O)CSc2nnc(CCC(N)=O)n2Cc2ccco2)cc(OC)c1. The Morgan fingerprint density at radius 2 is 1.94 bits per heavy atom. The van der Waals surface area contributed by atoms with Gasteiger partial charge in [0.05, 0.1) is 32.8 Å². The van der Waals surface area contributed by atoms with E-state index in [0.717, 1.165) is 0 Å². The van der Waals surface area contributed by atoms with E-state index in [2.05, 4.69) is 15.5 Å². The minimum Gasteiger partial charge on any atom is -0.497 e. The lowest BCUT2D eigenvalue weighted by Gasteiger charge is -2.10. The van der Waals surface area contributed by atoms with Gasteiger partial charge in [0.25, 0.3) is 0 Å². The summed E-state index contributed by atoms with van der Waals surface area (Å²) < 4.78 is 17.7. The third kappa shape index (κ3) is 6.25. The molecule has 3 N–H and O–H groups in total. The van der Waals surface area contributed by atoms with Crippen molar-refractivity contribution in [2.75, 3.05) is 25.3 Å². The fraction of sp³-hybridized carbons (Fsp3) is 0.300. The molecular weight excluding hydrogens is 422 g/mol. The fourth-order valence-corrected chi connectivity index (χ4v) is 3.53. The van der Waals surface area contributed by atoms with Crippen LogP contribution >= 0.6 is 11.8 Å². The number of primary amides is 1. The number of aromatic nitrogens is 3. The van der Waals surface area contributed by atoms with Crippen LogP contribution in [-0.2, 0) is 22.6 Å². The molecule has 0 atom stereocenters. The molecular formula is C20H23N5O5S. The summed E-state index contributed by atoms with van der Waals surface area (Å²) in [5, 5.41) is 11.7. The molecule has 0 aliphatic rings. The number of ether oxygens (including phenoxy) is 2. The van der Waals surface area contributed by atoms with E-state index in [0.29, 0.717) is 46.9 Å². The molecule has 31 heavy (non-hydrogen) atoms. The lowest BCUT2D eigenvalue weighted by atomic mass is 10.2. The molecule has 0 aliphatic carbocycles. The van der Waals surface area contributed by atoms with Crippen molar-refractivity contribution in [1.82, 2.24) is 14.8 Å². The number of furan rings is 1. The molecule has 0 saturated heterocycles. The summed E-state index contributed by atoms with van der Waals surface area (Å²) in [6, 6.07) is 8.73. The van der Waals surface area contributed by atoms with Crippen LogP contribution in [0, 0.1) is 0 Å². The summed E-state index contributed by atoms with van der Waals surface area (Å²) in [6.45, 7) is 0.380. The molecule has 2 amide bonds. The molecule has 1 aromatic carbocycles. The van der Waals surface area contributed by atoms with Crippen LogP contribution < -0.4 is 20.5 Å². The van der Waals surface area contributed by atoms with Crippen LogP contribution in [0.4, 0.5) is 5.69 Å². The minimum atomic E-state index is -0.421. The van der Waals surface area contributed by atoms with Crippen molar-refractivity contribution in [3.8, 4) is 11.5 Å². The maximum Gasteiger partial charge on any atom is 0.234 e. The number of methoxy groups -OCH3 is 2. The van der Waals surface area contributed by atoms with E-state index in [1.54, 1.807) is 30.5 Å². The molecule has 0 saturated carbocycles. The van der Waals surface area contributed by atoms with Crippen molar-refractivity contribution < 1.29 is 23.5 Å². The lowest BCUT2D eigenvalue weighted by molar-refractivity contribution is -0.118. The van der Waals surface area contributed by atoms with Crippen molar-refractivity contribution in [2.24, 2.45) is 5.73 Å². The van der Waals surface area contributed by atoms with E-state index in [1.807, 2.05) is 10.6 Å². The Labute approximate surface area is 183 Å². The van der Waals surface area contributed by atoms with Gasteiger partial charge in [0.1, 0.15) is 23.1 Å². The second-order valence-corrected chi connectivity index (χ2v) is 7.41. The number of nitrogens with two attached hydrogens (primary N) is 1. The largest absolute Gasteiger partial charge is 0.497 e. The van der Waals surface area contributed by atoms with Gasteiger partial charge in [0, 0.05) is 36.7 Å². The molecule has 164 valence electrons. The quantitative estimate of drug-likeness (QED) is 0.429. The number of hydrogen-bond acceptors (Lipinski definition) is 8. The van der Waals surface area contributed by atoms with Gasteiger partial charge >= 0.3 is 0 Å². The van der Waals surface area contributed by atoms with Gasteiger partial charge in [-0.15, -0.1) is 10.2 Å². The Balaban J connectivity index is 1.69. The van der Waals surface area contributed by atoms with Gasteiger partial charge in [-0.2, -0.15) is 0 Å². The number of benzene rings is 1. The van der Waals surface area contributed by atoms with Crippen LogP contribution in [0.5, 0.6) is 11.5 Å². The average molecular weight is 446 g/mol. The zero-order valence-electron chi connectivity index (χ0n) is 17.2. The van der Waals surface area contributed by atoms with Gasteiger partial charge in [0.2, 0.25) is 11.8 Å². The van der Waals surface area contributed by atoms with Crippen LogP contribution in [0.25, 0.3) is 0 Å². The third-order valence-corrected chi connectivity index (χ3v) is 5.22. The van der Waals surface area contributed by atoms with E-state index in [9.17, 15) is 9.59 Å². The van der Waals surface area contributed by atoms with Crippen LogP contribution in [0.2, 0.25) is 0 Å². The van der Waals surface area contributed by atoms with Crippen molar-refractivity contribution in [1.29, 1.82) is 0 Å². The molecule has 0 fully saturated rings. The van der Waals surface area contributed by atoms with E-state index >= 15 is 0 Å². The van der Waals surface area contributed by atoms with Crippen LogP contribution in [0.3, 0.4) is 0 Å². The number of thioether (sulfide) groups is 1. The molecule has 0 spiro atoms. The van der Waals surface area contributed by atoms with Crippen molar-refractivity contribution >= 4 is 29.3 Å². The number of hydrogen-bond donors (Lipinski definition) is 2. The Hall–Kier alpha value is -3.47. The summed E-state index contributed by atoms with van der Waals surface area (Å²) >= 11 is 1.23. The highest BCUT2D eigenvalue weighted by molar-refractivity contribution is 7.99. The number of amides is 2. The summed E-state index contributed by atoms with van der Waals surface area (Å²) in [5.74, 6) is 1.89. The Kier molecular flexibility index (Phi) is 7.55. The lowest BCUT2D eigenvalue weighted by Crippen LogP contribution is -2.16. The first-order valence-electron chi connectivity index (χ1n) is 9.37. The average Bonchev–Trinajstić information content (AvgIpc) is 3.40. The molecule has 3 rings (SSSR count). The van der Waals surface area contributed by atoms with Gasteiger partial charge in [-0.25, -0.2) is 0 Å². The first kappa shape index (κ1) is 22.2. The third-order valence-electron chi connectivity index (χ3n) is 4.25. The van der Waals surface area contributed by atoms with Crippen LogP contribution in [0.1, 0.15) is 18.0 Å². The van der Waals surface area contributed by atoms with Gasteiger partial charge in [-0.1, -0.05) is 11.8 Å². The summed E-state index contributed by atoms with van der Waals surface area (Å²) in [6.07, 6.45) is 2.07. The van der Waals surface area contributed by atoms with Gasteiger partial charge in [-0.3, -0.25) is 14.2 Å². The monoisotopic (exact) mass is 445 g/mol. The highest BCUT2D eigenvalue weighted by Gasteiger charge is 2.16. The molecule has 10 nitrogen and oxygen atoms in total. The second-order valence-electron chi connectivity index (χ2n) is 6.47. The summed E-state index contributed by atoms with van der Waals surface area (Å²) in [4.78, 5) is 23.6. The topological polar surface area (TPSA) is 134 Å². The van der Waals surface area contributed by atoms with E-state index in [-0.39, 0.29) is 18.1 Å². The minimum absolute atomic E-state index is 0.103. The molecule has 0 radical (unpaired) electrons. The number of nitrogens with one attached hydrogen (secondary N) is 1. The maximum absolute atomic E-state index is 12.5. The number of carbonyl (C=O) groups excluding carboxylic acids is 2. The predicted octanol–water partition coefficient (Wildman–Crippen LogP) is 2.09. The Morgan fingerprint density at radius 3 is 2.55 bits per heavy atom. The van der Waals surface area contributed by atoms with E-state index in [4.69, 9.17) is 19.6 Å². The molecule has 11 heteroatoms. The predicted molar refractivity (Wildman–Crippen MR) is 114 cm³/mol. The van der Waals surface area contributed by atoms with Crippen molar-refractivity contribution in [2.45, 2.75) is 24.5 Å². The smallest absolute Gasteiger partial charge is 0.234 e. The second kappa shape index (κ2) is 10.5. The van der Waals surface area contributed by atoms with Crippen LogP contribution in [0.15, 0.2) is 46.2 Å². The van der Waals surface area contributed by atoms with Crippen molar-refractivity contribution in [3.05, 3.63) is 48.2 Å². The zero-order chi connectivity index (χ0) is 22.2. The number of rotatable bonds is 11. The highest BCUT2D eigenvalue weighted by Crippen LogP contribution is 2.26. The molecule has 0 bridgehead atoms. The number of carbonyl (C=O) groups is 2. The first-order valence-corrected chi connectivity index (χ1v) is 10.4. The molecule has 2 aromatic heterocycles. The Morgan fingerprint density at radius 1 is 1.19 bits per heavy atom. The Bertz CT molecular complexity index is 1010. The van der Waals surface area contributed by atoms with Gasteiger partial charge in [0.15, 0.2) is 5.16 Å². The standard InChI is InChI=1S/C20H23N5O5S/c1-28-15-8-13(9-16(10-15)29-2)22-19(27)12-31-20-24-23-18(6-5-17(21)26)25(20)11-14-4-3-7-30-14/h3-4,7-10H,5-6,11-12H2,1-2H3,(H2,21,26)(H,22,27). The number of nitrogens with zero attached hydrogens (tertiary/aromatic N) is 3. The summed E-state index contributed by atoms with van der Waals surface area (Å²) in [5.41, 5.74) is 5.81. The fourth-order valence-electron chi connectivity index (χ4n) is 2.77. The van der Waals surface area contributed by atoms with Crippen LogP contribution in [-0.4, -0.2) is 46.6 Å². The number of anilines is 1. The van der Waals surface area contributed by atoms with Gasteiger partial charge in [-0.05, 0) is 12.1 Å². The van der Waals surface area contributed by atoms with Crippen molar-refractivity contribution in [3.63, 3.8) is 0 Å². The molecule has 0 unspecified atom stereocenters.